The van der Waals surface area contributed by atoms with Crippen molar-refractivity contribution in [2.24, 2.45) is 7.05 Å². The number of hydrogen-bond donors (Lipinski definition) is 2. The topological polar surface area (TPSA) is 102 Å². The fourth-order valence-electron chi connectivity index (χ4n) is 2.34. The Morgan fingerprint density at radius 2 is 1.54 bits per heavy atom. The van der Waals surface area contributed by atoms with Crippen molar-refractivity contribution >= 4 is 11.8 Å². The van der Waals surface area contributed by atoms with Crippen LogP contribution < -0.4 is 10.6 Å². The zero-order valence-corrected chi connectivity index (χ0v) is 14.2. The van der Waals surface area contributed by atoms with Crippen molar-refractivity contribution in [2.45, 2.75) is 13.1 Å². The van der Waals surface area contributed by atoms with Crippen molar-refractivity contribution in [3.63, 3.8) is 0 Å². The Hall–Kier alpha value is -3.55. The number of hydrogen-bond acceptors (Lipinski definition) is 5. The van der Waals surface area contributed by atoms with Gasteiger partial charge in [0, 0.05) is 51.0 Å². The Bertz CT molecular complexity index is 893. The Morgan fingerprint density at radius 3 is 2.08 bits per heavy atom. The van der Waals surface area contributed by atoms with Crippen molar-refractivity contribution in [3.05, 3.63) is 77.6 Å². The first kappa shape index (κ1) is 17.3. The summed E-state index contributed by atoms with van der Waals surface area (Å²) in [5.74, 6) is -0.661. The molecule has 3 aromatic rings. The van der Waals surface area contributed by atoms with Gasteiger partial charge in [-0.05, 0) is 23.3 Å². The second-order valence-corrected chi connectivity index (χ2v) is 5.63. The average molecular weight is 350 g/mol. The van der Waals surface area contributed by atoms with Crippen LogP contribution in [-0.2, 0) is 20.1 Å². The van der Waals surface area contributed by atoms with Gasteiger partial charge >= 0.3 is 0 Å². The number of carbonyl (C=O) groups excluding carboxylic acids is 2. The minimum absolute atomic E-state index is 0.183. The van der Waals surface area contributed by atoms with Gasteiger partial charge in [0.2, 0.25) is 0 Å². The Morgan fingerprint density at radius 1 is 0.962 bits per heavy atom. The fraction of sp³-hybridized carbons (Fsp3) is 0.167. The average Bonchev–Trinajstić information content (AvgIpc) is 3.08. The molecule has 0 saturated heterocycles. The normalized spacial score (nSPS) is 10.3. The van der Waals surface area contributed by atoms with Crippen LogP contribution in [0.25, 0.3) is 0 Å². The molecule has 26 heavy (non-hydrogen) atoms. The van der Waals surface area contributed by atoms with Crippen LogP contribution in [-0.4, -0.2) is 31.6 Å². The summed E-state index contributed by atoms with van der Waals surface area (Å²) in [6.45, 7) is 0.687. The summed E-state index contributed by atoms with van der Waals surface area (Å²) in [5, 5.41) is 9.66. The lowest BCUT2D eigenvalue weighted by molar-refractivity contribution is 0.0935. The third kappa shape index (κ3) is 4.29. The summed E-state index contributed by atoms with van der Waals surface area (Å²) < 4.78 is 1.39. The SMILES string of the molecule is Cn1nc(C(=O)NCc2cccnc2)cc1C(=O)NCc1cccnc1. The molecule has 3 aromatic heterocycles. The highest BCUT2D eigenvalue weighted by Gasteiger charge is 2.17. The molecular formula is C18H18N6O2. The lowest BCUT2D eigenvalue weighted by atomic mass is 10.2. The Kier molecular flexibility index (Phi) is 5.33. The van der Waals surface area contributed by atoms with Gasteiger partial charge in [-0.3, -0.25) is 24.2 Å². The van der Waals surface area contributed by atoms with Gasteiger partial charge in [0.15, 0.2) is 5.69 Å². The molecule has 0 fully saturated rings. The van der Waals surface area contributed by atoms with Gasteiger partial charge in [0.05, 0.1) is 0 Å². The summed E-state index contributed by atoms with van der Waals surface area (Å²) >= 11 is 0. The predicted octanol–water partition coefficient (Wildman–Crippen LogP) is 1.07. The van der Waals surface area contributed by atoms with Gasteiger partial charge in [0.1, 0.15) is 5.69 Å². The van der Waals surface area contributed by atoms with Crippen molar-refractivity contribution in [1.29, 1.82) is 0 Å². The maximum atomic E-state index is 12.3. The van der Waals surface area contributed by atoms with Crippen LogP contribution in [0.2, 0.25) is 0 Å². The first-order valence-corrected chi connectivity index (χ1v) is 8.02. The molecular weight excluding hydrogens is 332 g/mol. The summed E-state index contributed by atoms with van der Waals surface area (Å²) in [5.41, 5.74) is 2.26. The van der Waals surface area contributed by atoms with E-state index >= 15 is 0 Å². The number of carbonyl (C=O) groups is 2. The molecule has 8 nitrogen and oxygen atoms in total. The molecule has 0 aliphatic carbocycles. The molecule has 0 aromatic carbocycles. The largest absolute Gasteiger partial charge is 0.347 e. The standard InChI is InChI=1S/C18H18N6O2/c1-24-16(18(26)22-12-14-5-3-7-20-10-14)8-15(23-24)17(25)21-11-13-4-2-6-19-9-13/h2-10H,11-12H2,1H3,(H,21,25)(H,22,26). The van der Waals surface area contributed by atoms with E-state index < -0.39 is 0 Å². The first-order valence-electron chi connectivity index (χ1n) is 8.02. The van der Waals surface area contributed by atoms with Crippen molar-refractivity contribution in [2.75, 3.05) is 0 Å². The van der Waals surface area contributed by atoms with Gasteiger partial charge in [-0.15, -0.1) is 0 Å². The zero-order valence-electron chi connectivity index (χ0n) is 14.2. The lowest BCUT2D eigenvalue weighted by Gasteiger charge is -2.04. The minimum Gasteiger partial charge on any atom is -0.347 e. The van der Waals surface area contributed by atoms with Crippen molar-refractivity contribution in [1.82, 2.24) is 30.4 Å². The van der Waals surface area contributed by atoms with Gasteiger partial charge in [-0.25, -0.2) is 0 Å². The third-order valence-electron chi connectivity index (χ3n) is 3.70. The highest BCUT2D eigenvalue weighted by Crippen LogP contribution is 2.05. The van der Waals surface area contributed by atoms with E-state index in [-0.39, 0.29) is 17.5 Å². The van der Waals surface area contributed by atoms with Crippen LogP contribution >= 0.6 is 0 Å². The van der Waals surface area contributed by atoms with Crippen molar-refractivity contribution in [3.8, 4) is 0 Å². The maximum Gasteiger partial charge on any atom is 0.272 e. The van der Waals surface area contributed by atoms with Crippen LogP contribution in [0.3, 0.4) is 0 Å². The first-order chi connectivity index (χ1) is 12.6. The number of aryl methyl sites for hydroxylation is 1. The Balaban J connectivity index is 1.60. The molecule has 0 bridgehead atoms. The lowest BCUT2D eigenvalue weighted by Crippen LogP contribution is -2.25. The molecule has 0 saturated carbocycles. The molecule has 2 N–H and O–H groups in total. The van der Waals surface area contributed by atoms with E-state index in [0.717, 1.165) is 11.1 Å². The Labute approximate surface area is 150 Å². The molecule has 8 heteroatoms. The molecule has 132 valence electrons. The summed E-state index contributed by atoms with van der Waals surface area (Å²) in [4.78, 5) is 32.6. The maximum absolute atomic E-state index is 12.3. The van der Waals surface area contributed by atoms with E-state index in [2.05, 4.69) is 25.7 Å². The predicted molar refractivity (Wildman–Crippen MR) is 94.0 cm³/mol. The number of pyridine rings is 2. The molecule has 0 aliphatic rings. The second-order valence-electron chi connectivity index (χ2n) is 5.63. The van der Waals surface area contributed by atoms with E-state index in [9.17, 15) is 9.59 Å². The van der Waals surface area contributed by atoms with Crippen LogP contribution in [0, 0.1) is 0 Å². The molecule has 2 amide bonds. The van der Waals surface area contributed by atoms with Crippen LogP contribution in [0.4, 0.5) is 0 Å². The quantitative estimate of drug-likeness (QED) is 0.692. The van der Waals surface area contributed by atoms with Crippen LogP contribution in [0.1, 0.15) is 32.1 Å². The second kappa shape index (κ2) is 8.02. The van der Waals surface area contributed by atoms with E-state index in [4.69, 9.17) is 0 Å². The number of nitrogens with one attached hydrogen (secondary N) is 2. The van der Waals surface area contributed by atoms with Gasteiger partial charge < -0.3 is 10.6 Å². The molecule has 3 heterocycles. The smallest absolute Gasteiger partial charge is 0.272 e. The number of amides is 2. The number of aromatic nitrogens is 4. The summed E-state index contributed by atoms with van der Waals surface area (Å²) in [6.07, 6.45) is 6.69. The fourth-order valence-corrected chi connectivity index (χ4v) is 2.34. The summed E-state index contributed by atoms with van der Waals surface area (Å²) in [6, 6.07) is 8.80. The highest BCUT2D eigenvalue weighted by molar-refractivity contribution is 5.97. The molecule has 0 spiro atoms. The van der Waals surface area contributed by atoms with E-state index in [1.165, 1.54) is 10.7 Å². The van der Waals surface area contributed by atoms with Crippen LogP contribution in [0.15, 0.2) is 55.1 Å². The number of nitrogens with zero attached hydrogens (tertiary/aromatic N) is 4. The highest BCUT2D eigenvalue weighted by atomic mass is 16.2. The van der Waals surface area contributed by atoms with Gasteiger partial charge in [-0.1, -0.05) is 12.1 Å². The van der Waals surface area contributed by atoms with Crippen LogP contribution in [0.5, 0.6) is 0 Å². The van der Waals surface area contributed by atoms with E-state index in [1.54, 1.807) is 44.0 Å². The third-order valence-corrected chi connectivity index (χ3v) is 3.70. The molecule has 0 radical (unpaired) electrons. The van der Waals surface area contributed by atoms with Crippen molar-refractivity contribution < 1.29 is 9.59 Å². The van der Waals surface area contributed by atoms with Gasteiger partial charge in [-0.2, -0.15) is 5.10 Å². The van der Waals surface area contributed by atoms with E-state index in [0.29, 0.717) is 18.8 Å². The van der Waals surface area contributed by atoms with E-state index in [1.807, 2.05) is 12.1 Å². The number of rotatable bonds is 6. The molecule has 0 aliphatic heterocycles. The van der Waals surface area contributed by atoms with Gasteiger partial charge in [0.25, 0.3) is 11.8 Å². The molecule has 0 atom stereocenters. The molecule has 0 unspecified atom stereocenters. The minimum atomic E-state index is -0.351. The zero-order chi connectivity index (χ0) is 18.4. The summed E-state index contributed by atoms with van der Waals surface area (Å²) in [7, 11) is 1.62. The molecule has 3 rings (SSSR count). The monoisotopic (exact) mass is 350 g/mol.